The Hall–Kier alpha value is -1.59. The average molecular weight is 299 g/mol. The SMILES string of the molecule is CC[C@H](C)[C@H](NCC(=O)Nc1ccc(Cl)cc1)C(=O)O. The fraction of sp³-hybridized carbons (Fsp3) is 0.429. The number of nitrogens with one attached hydrogen (secondary N) is 2. The molecule has 1 amide bonds. The summed E-state index contributed by atoms with van der Waals surface area (Å²) in [6, 6.07) is 5.98. The summed E-state index contributed by atoms with van der Waals surface area (Å²) in [5.74, 6) is -1.28. The summed E-state index contributed by atoms with van der Waals surface area (Å²) in [5, 5.41) is 15.1. The second-order valence-corrected chi connectivity index (χ2v) is 5.07. The van der Waals surface area contributed by atoms with Crippen molar-refractivity contribution in [2.45, 2.75) is 26.3 Å². The van der Waals surface area contributed by atoms with E-state index in [1.807, 2.05) is 13.8 Å². The monoisotopic (exact) mass is 298 g/mol. The van der Waals surface area contributed by atoms with Crippen molar-refractivity contribution in [1.29, 1.82) is 0 Å². The maximum absolute atomic E-state index is 11.7. The summed E-state index contributed by atoms with van der Waals surface area (Å²) < 4.78 is 0. The number of carboxylic acids is 1. The van der Waals surface area contributed by atoms with Gasteiger partial charge in [0.25, 0.3) is 0 Å². The standard InChI is InChI=1S/C14H19ClN2O3/c1-3-9(2)13(14(19)20)16-8-12(18)17-11-6-4-10(15)5-7-11/h4-7,9,13,16H,3,8H2,1-2H3,(H,17,18)(H,19,20)/t9-,13-/m0/s1. The number of halogens is 1. The van der Waals surface area contributed by atoms with Gasteiger partial charge in [0.05, 0.1) is 6.54 Å². The van der Waals surface area contributed by atoms with Crippen LogP contribution in [0.2, 0.25) is 5.02 Å². The van der Waals surface area contributed by atoms with E-state index in [1.165, 1.54) is 0 Å². The predicted molar refractivity (Wildman–Crippen MR) is 79.0 cm³/mol. The summed E-state index contributed by atoms with van der Waals surface area (Å²) in [4.78, 5) is 22.8. The van der Waals surface area contributed by atoms with Crippen molar-refractivity contribution in [3.63, 3.8) is 0 Å². The van der Waals surface area contributed by atoms with E-state index in [0.717, 1.165) is 6.42 Å². The number of hydrogen-bond acceptors (Lipinski definition) is 3. The van der Waals surface area contributed by atoms with Gasteiger partial charge in [-0.15, -0.1) is 0 Å². The number of carbonyl (C=O) groups is 2. The fourth-order valence-corrected chi connectivity index (χ4v) is 1.83. The molecule has 0 fully saturated rings. The normalized spacial score (nSPS) is 13.6. The Kier molecular flexibility index (Phi) is 6.48. The lowest BCUT2D eigenvalue weighted by Crippen LogP contribution is -2.45. The highest BCUT2D eigenvalue weighted by Gasteiger charge is 2.23. The first-order valence-corrected chi connectivity index (χ1v) is 6.83. The molecule has 0 aliphatic heterocycles. The van der Waals surface area contributed by atoms with Crippen molar-refractivity contribution in [2.24, 2.45) is 5.92 Å². The summed E-state index contributed by atoms with van der Waals surface area (Å²) >= 11 is 5.75. The minimum Gasteiger partial charge on any atom is -0.480 e. The lowest BCUT2D eigenvalue weighted by molar-refractivity contribution is -0.140. The van der Waals surface area contributed by atoms with Crippen molar-refractivity contribution in [3.8, 4) is 0 Å². The zero-order valence-corrected chi connectivity index (χ0v) is 12.3. The summed E-state index contributed by atoms with van der Waals surface area (Å²) in [6.07, 6.45) is 0.725. The molecule has 2 atom stereocenters. The lowest BCUT2D eigenvalue weighted by Gasteiger charge is -2.19. The fourth-order valence-electron chi connectivity index (χ4n) is 1.71. The molecular formula is C14H19ClN2O3. The van der Waals surface area contributed by atoms with Crippen LogP contribution in [-0.2, 0) is 9.59 Å². The second-order valence-electron chi connectivity index (χ2n) is 4.64. The quantitative estimate of drug-likeness (QED) is 0.722. The minimum atomic E-state index is -0.946. The Labute approximate surface area is 123 Å². The summed E-state index contributed by atoms with van der Waals surface area (Å²) in [7, 11) is 0. The molecule has 3 N–H and O–H groups in total. The van der Waals surface area contributed by atoms with Crippen molar-refractivity contribution in [1.82, 2.24) is 5.32 Å². The zero-order chi connectivity index (χ0) is 15.1. The summed E-state index contributed by atoms with van der Waals surface area (Å²) in [5.41, 5.74) is 0.622. The van der Waals surface area contributed by atoms with E-state index < -0.39 is 12.0 Å². The number of hydrogen-bond donors (Lipinski definition) is 3. The molecule has 1 rings (SSSR count). The van der Waals surface area contributed by atoms with E-state index in [1.54, 1.807) is 24.3 Å². The first-order valence-electron chi connectivity index (χ1n) is 6.45. The lowest BCUT2D eigenvalue weighted by atomic mass is 9.99. The number of carbonyl (C=O) groups excluding carboxylic acids is 1. The first-order chi connectivity index (χ1) is 9.43. The molecule has 1 aromatic carbocycles. The highest BCUT2D eigenvalue weighted by molar-refractivity contribution is 6.30. The van der Waals surface area contributed by atoms with Gasteiger partial charge in [0.2, 0.25) is 5.91 Å². The molecule has 0 saturated carbocycles. The topological polar surface area (TPSA) is 78.4 Å². The van der Waals surface area contributed by atoms with E-state index in [9.17, 15) is 9.59 Å². The van der Waals surface area contributed by atoms with Crippen LogP contribution in [-0.4, -0.2) is 29.6 Å². The Morgan fingerprint density at radius 1 is 1.30 bits per heavy atom. The van der Waals surface area contributed by atoms with E-state index >= 15 is 0 Å². The van der Waals surface area contributed by atoms with Crippen LogP contribution in [0.4, 0.5) is 5.69 Å². The van der Waals surface area contributed by atoms with Crippen molar-refractivity contribution >= 4 is 29.2 Å². The van der Waals surface area contributed by atoms with Crippen LogP contribution in [0, 0.1) is 5.92 Å². The molecule has 6 heteroatoms. The Morgan fingerprint density at radius 3 is 2.40 bits per heavy atom. The smallest absolute Gasteiger partial charge is 0.320 e. The van der Waals surface area contributed by atoms with Gasteiger partial charge in [-0.2, -0.15) is 0 Å². The predicted octanol–water partition coefficient (Wildman–Crippen LogP) is 2.37. The van der Waals surface area contributed by atoms with Crippen molar-refractivity contribution in [2.75, 3.05) is 11.9 Å². The number of benzene rings is 1. The third-order valence-corrected chi connectivity index (χ3v) is 3.34. The highest BCUT2D eigenvalue weighted by atomic mass is 35.5. The highest BCUT2D eigenvalue weighted by Crippen LogP contribution is 2.13. The molecular weight excluding hydrogens is 280 g/mol. The molecule has 0 aliphatic rings. The molecule has 20 heavy (non-hydrogen) atoms. The molecule has 1 aromatic rings. The van der Waals surface area contributed by atoms with Crippen LogP contribution >= 0.6 is 11.6 Å². The van der Waals surface area contributed by atoms with Gasteiger partial charge < -0.3 is 10.4 Å². The number of carboxylic acid groups (broad SMARTS) is 1. The molecule has 0 aromatic heterocycles. The molecule has 0 heterocycles. The molecule has 0 spiro atoms. The van der Waals surface area contributed by atoms with Crippen LogP contribution in [0.15, 0.2) is 24.3 Å². The molecule has 0 unspecified atom stereocenters. The van der Waals surface area contributed by atoms with E-state index in [4.69, 9.17) is 16.7 Å². The van der Waals surface area contributed by atoms with Crippen molar-refractivity contribution in [3.05, 3.63) is 29.3 Å². The Balaban J connectivity index is 2.49. The van der Waals surface area contributed by atoms with Crippen LogP contribution in [0.5, 0.6) is 0 Å². The third-order valence-electron chi connectivity index (χ3n) is 3.09. The number of anilines is 1. The average Bonchev–Trinajstić information content (AvgIpc) is 2.41. The number of amides is 1. The van der Waals surface area contributed by atoms with Gasteiger partial charge in [-0.25, -0.2) is 0 Å². The Bertz CT molecular complexity index is 462. The van der Waals surface area contributed by atoms with Crippen LogP contribution in [0.25, 0.3) is 0 Å². The van der Waals surface area contributed by atoms with E-state index in [2.05, 4.69) is 10.6 Å². The first kappa shape index (κ1) is 16.5. The molecule has 0 radical (unpaired) electrons. The second kappa shape index (κ2) is 7.87. The molecule has 110 valence electrons. The van der Waals surface area contributed by atoms with Gasteiger partial charge in [-0.1, -0.05) is 31.9 Å². The van der Waals surface area contributed by atoms with Gasteiger partial charge in [-0.05, 0) is 30.2 Å². The summed E-state index contributed by atoms with van der Waals surface area (Å²) in [6.45, 7) is 3.70. The van der Waals surface area contributed by atoms with E-state index in [0.29, 0.717) is 10.7 Å². The Morgan fingerprint density at radius 2 is 1.90 bits per heavy atom. The third kappa shape index (κ3) is 5.19. The van der Waals surface area contributed by atoms with Gasteiger partial charge >= 0.3 is 5.97 Å². The number of aliphatic carboxylic acids is 1. The number of rotatable bonds is 7. The van der Waals surface area contributed by atoms with Gasteiger partial charge in [-0.3, -0.25) is 14.9 Å². The van der Waals surface area contributed by atoms with Crippen LogP contribution < -0.4 is 10.6 Å². The molecule has 5 nitrogen and oxygen atoms in total. The molecule has 0 aliphatic carbocycles. The maximum Gasteiger partial charge on any atom is 0.320 e. The molecule has 0 bridgehead atoms. The largest absolute Gasteiger partial charge is 0.480 e. The maximum atomic E-state index is 11.7. The van der Waals surface area contributed by atoms with Gasteiger partial charge in [0, 0.05) is 10.7 Å². The molecule has 0 saturated heterocycles. The zero-order valence-electron chi connectivity index (χ0n) is 11.5. The van der Waals surface area contributed by atoms with Gasteiger partial charge in [0.1, 0.15) is 6.04 Å². The minimum absolute atomic E-state index is 0.0455. The van der Waals surface area contributed by atoms with E-state index in [-0.39, 0.29) is 18.4 Å². The van der Waals surface area contributed by atoms with Crippen molar-refractivity contribution < 1.29 is 14.7 Å². The van der Waals surface area contributed by atoms with Crippen LogP contribution in [0.3, 0.4) is 0 Å². The van der Waals surface area contributed by atoms with Crippen LogP contribution in [0.1, 0.15) is 20.3 Å². The van der Waals surface area contributed by atoms with Gasteiger partial charge in [0.15, 0.2) is 0 Å².